The zero-order chi connectivity index (χ0) is 14.5. The summed E-state index contributed by atoms with van der Waals surface area (Å²) >= 11 is 0. The molecule has 0 aromatic heterocycles. The standard InChI is InChI=1S/C17H28O2/c1-6-19-13-12-17(5,18)11-9-15-14(2)8-7-10-16(15,3)4/h8-9,11-13,15,18H,6-7,10H2,1-5H3/b11-9+,13-12-. The lowest BCUT2D eigenvalue weighted by atomic mass is 9.68. The van der Waals surface area contributed by atoms with Crippen molar-refractivity contribution in [3.63, 3.8) is 0 Å². The van der Waals surface area contributed by atoms with E-state index in [-0.39, 0.29) is 5.41 Å². The SMILES string of the molecule is CCO/C=C\C(C)(O)/C=C/C1C(C)=CCCC1(C)C. The second-order valence-corrected chi connectivity index (χ2v) is 6.30. The van der Waals surface area contributed by atoms with E-state index in [1.54, 1.807) is 19.3 Å². The number of ether oxygens (including phenoxy) is 1. The summed E-state index contributed by atoms with van der Waals surface area (Å²) in [5.74, 6) is 0.396. The van der Waals surface area contributed by atoms with Crippen molar-refractivity contribution >= 4 is 0 Å². The first-order valence-corrected chi connectivity index (χ1v) is 7.16. The van der Waals surface area contributed by atoms with Crippen molar-refractivity contribution in [2.45, 2.75) is 53.1 Å². The minimum absolute atomic E-state index is 0.259. The molecule has 0 aliphatic heterocycles. The normalized spacial score (nSPS) is 26.4. The highest BCUT2D eigenvalue weighted by molar-refractivity contribution is 5.22. The quantitative estimate of drug-likeness (QED) is 0.595. The lowest BCUT2D eigenvalue weighted by Crippen LogP contribution is -2.27. The molecule has 1 N–H and O–H groups in total. The summed E-state index contributed by atoms with van der Waals surface area (Å²) in [5, 5.41) is 10.3. The van der Waals surface area contributed by atoms with Gasteiger partial charge in [-0.25, -0.2) is 0 Å². The first-order chi connectivity index (χ1) is 8.78. The smallest absolute Gasteiger partial charge is 0.101 e. The van der Waals surface area contributed by atoms with Crippen LogP contribution in [0.3, 0.4) is 0 Å². The largest absolute Gasteiger partial charge is 0.502 e. The first-order valence-electron chi connectivity index (χ1n) is 7.16. The van der Waals surface area contributed by atoms with Crippen LogP contribution in [0.1, 0.15) is 47.5 Å². The molecule has 0 aromatic rings. The molecule has 0 aromatic carbocycles. The van der Waals surface area contributed by atoms with Gasteiger partial charge in [0.25, 0.3) is 0 Å². The molecule has 2 nitrogen and oxygen atoms in total. The zero-order valence-electron chi connectivity index (χ0n) is 12.9. The third-order valence-electron chi connectivity index (χ3n) is 3.88. The van der Waals surface area contributed by atoms with Gasteiger partial charge in [0.15, 0.2) is 0 Å². The van der Waals surface area contributed by atoms with Gasteiger partial charge < -0.3 is 9.84 Å². The number of hydrogen-bond donors (Lipinski definition) is 1. The monoisotopic (exact) mass is 264 g/mol. The molecule has 0 radical (unpaired) electrons. The highest BCUT2D eigenvalue weighted by atomic mass is 16.5. The maximum absolute atomic E-state index is 10.3. The van der Waals surface area contributed by atoms with E-state index < -0.39 is 5.60 Å². The third kappa shape index (κ3) is 4.87. The average molecular weight is 264 g/mol. The predicted octanol–water partition coefficient (Wildman–Crippen LogP) is 4.23. The van der Waals surface area contributed by atoms with Crippen LogP contribution in [0.5, 0.6) is 0 Å². The lowest BCUT2D eigenvalue weighted by molar-refractivity contribution is 0.155. The number of hydrogen-bond acceptors (Lipinski definition) is 2. The van der Waals surface area contributed by atoms with Gasteiger partial charge in [-0.1, -0.05) is 37.6 Å². The van der Waals surface area contributed by atoms with Crippen molar-refractivity contribution in [2.75, 3.05) is 6.61 Å². The molecule has 2 atom stereocenters. The Morgan fingerprint density at radius 1 is 1.47 bits per heavy atom. The fourth-order valence-electron chi connectivity index (χ4n) is 2.61. The van der Waals surface area contributed by atoms with E-state index in [2.05, 4.69) is 32.9 Å². The van der Waals surface area contributed by atoms with E-state index in [9.17, 15) is 5.11 Å². The van der Waals surface area contributed by atoms with Crippen molar-refractivity contribution in [2.24, 2.45) is 11.3 Å². The fraction of sp³-hybridized carbons (Fsp3) is 0.647. The average Bonchev–Trinajstić information content (AvgIpc) is 2.27. The van der Waals surface area contributed by atoms with Crippen molar-refractivity contribution in [1.82, 2.24) is 0 Å². The molecular weight excluding hydrogens is 236 g/mol. The Kier molecular flexibility index (Phi) is 5.42. The highest BCUT2D eigenvalue weighted by Crippen LogP contribution is 2.41. The Morgan fingerprint density at radius 2 is 2.16 bits per heavy atom. The van der Waals surface area contributed by atoms with Crippen molar-refractivity contribution in [1.29, 1.82) is 0 Å². The Bertz CT molecular complexity index is 373. The maximum atomic E-state index is 10.3. The van der Waals surface area contributed by atoms with Crippen molar-refractivity contribution in [3.8, 4) is 0 Å². The molecule has 0 saturated heterocycles. The van der Waals surface area contributed by atoms with Gasteiger partial charge >= 0.3 is 0 Å². The molecule has 1 rings (SSSR count). The first kappa shape index (κ1) is 16.0. The van der Waals surface area contributed by atoms with Crippen molar-refractivity contribution in [3.05, 3.63) is 36.1 Å². The van der Waals surface area contributed by atoms with Gasteiger partial charge in [-0.2, -0.15) is 0 Å². The van der Waals surface area contributed by atoms with Crippen LogP contribution in [0.15, 0.2) is 36.1 Å². The Balaban J connectivity index is 2.78. The highest BCUT2D eigenvalue weighted by Gasteiger charge is 2.31. The van der Waals surface area contributed by atoms with Gasteiger partial charge in [0, 0.05) is 5.92 Å². The van der Waals surface area contributed by atoms with Gasteiger partial charge in [-0.15, -0.1) is 0 Å². The molecule has 1 aliphatic carbocycles. The Labute approximate surface area is 117 Å². The van der Waals surface area contributed by atoms with Crippen LogP contribution in [-0.4, -0.2) is 17.3 Å². The maximum Gasteiger partial charge on any atom is 0.101 e. The van der Waals surface area contributed by atoms with Gasteiger partial charge in [-0.05, 0) is 45.1 Å². The van der Waals surface area contributed by atoms with E-state index in [0.29, 0.717) is 12.5 Å². The summed E-state index contributed by atoms with van der Waals surface area (Å²) in [6.45, 7) is 11.1. The van der Waals surface area contributed by atoms with E-state index in [4.69, 9.17) is 4.74 Å². The fourth-order valence-corrected chi connectivity index (χ4v) is 2.61. The minimum Gasteiger partial charge on any atom is -0.502 e. The van der Waals surface area contributed by atoms with Crippen LogP contribution in [0.25, 0.3) is 0 Å². The van der Waals surface area contributed by atoms with Crippen LogP contribution < -0.4 is 0 Å². The van der Waals surface area contributed by atoms with E-state index >= 15 is 0 Å². The second kappa shape index (κ2) is 6.42. The molecule has 1 aliphatic rings. The van der Waals surface area contributed by atoms with Gasteiger partial charge in [-0.3, -0.25) is 0 Å². The minimum atomic E-state index is -0.955. The predicted molar refractivity (Wildman–Crippen MR) is 80.8 cm³/mol. The van der Waals surface area contributed by atoms with Crippen LogP contribution in [0, 0.1) is 11.3 Å². The number of rotatable bonds is 5. The molecule has 0 amide bonds. The van der Waals surface area contributed by atoms with Crippen LogP contribution in [0.2, 0.25) is 0 Å². The molecule has 2 unspecified atom stereocenters. The van der Waals surface area contributed by atoms with Gasteiger partial charge in [0.2, 0.25) is 0 Å². The molecule has 0 bridgehead atoms. The Hall–Kier alpha value is -1.02. The van der Waals surface area contributed by atoms with Crippen LogP contribution in [-0.2, 0) is 4.74 Å². The molecule has 0 saturated carbocycles. The molecule has 0 fully saturated rings. The van der Waals surface area contributed by atoms with Gasteiger partial charge in [0.05, 0.1) is 12.9 Å². The summed E-state index contributed by atoms with van der Waals surface area (Å²) in [7, 11) is 0. The Morgan fingerprint density at radius 3 is 2.74 bits per heavy atom. The van der Waals surface area contributed by atoms with Crippen LogP contribution >= 0.6 is 0 Å². The summed E-state index contributed by atoms with van der Waals surface area (Å²) < 4.78 is 5.14. The van der Waals surface area contributed by atoms with Crippen molar-refractivity contribution < 1.29 is 9.84 Å². The zero-order valence-corrected chi connectivity index (χ0v) is 12.9. The van der Waals surface area contributed by atoms with Crippen LogP contribution in [0.4, 0.5) is 0 Å². The third-order valence-corrected chi connectivity index (χ3v) is 3.88. The summed E-state index contributed by atoms with van der Waals surface area (Å²) in [4.78, 5) is 0. The molecule has 2 heteroatoms. The molecule has 108 valence electrons. The molecule has 19 heavy (non-hydrogen) atoms. The van der Waals surface area contributed by atoms with E-state index in [1.165, 1.54) is 12.0 Å². The number of aliphatic hydroxyl groups is 1. The molecule has 0 heterocycles. The molecular formula is C17H28O2. The van der Waals surface area contributed by atoms with E-state index in [1.807, 2.05) is 13.0 Å². The summed E-state index contributed by atoms with van der Waals surface area (Å²) in [6, 6.07) is 0. The molecule has 0 spiro atoms. The summed E-state index contributed by atoms with van der Waals surface area (Å²) in [5.41, 5.74) is 0.704. The second-order valence-electron chi connectivity index (χ2n) is 6.30. The topological polar surface area (TPSA) is 29.5 Å². The van der Waals surface area contributed by atoms with E-state index in [0.717, 1.165) is 6.42 Å². The summed E-state index contributed by atoms with van der Waals surface area (Å²) in [6.07, 6.45) is 11.9. The lowest BCUT2D eigenvalue weighted by Gasteiger charge is -2.37. The number of allylic oxidation sites excluding steroid dienone is 3. The van der Waals surface area contributed by atoms with Gasteiger partial charge in [0.1, 0.15) is 5.60 Å².